The van der Waals surface area contributed by atoms with Gasteiger partial charge >= 0.3 is 0 Å². The summed E-state index contributed by atoms with van der Waals surface area (Å²) in [7, 11) is 1.48. The Morgan fingerprint density at radius 3 is 2.50 bits per heavy atom. The Hall–Kier alpha value is -1.14. The molecule has 0 saturated carbocycles. The summed E-state index contributed by atoms with van der Waals surface area (Å²) < 4.78 is 19.7. The van der Waals surface area contributed by atoms with Gasteiger partial charge in [-0.2, -0.15) is 0 Å². The van der Waals surface area contributed by atoms with Crippen LogP contribution in [0.15, 0.2) is 42.5 Å². The van der Waals surface area contributed by atoms with Crippen molar-refractivity contribution >= 4 is 22.6 Å². The van der Waals surface area contributed by atoms with E-state index < -0.39 is 11.9 Å². The van der Waals surface area contributed by atoms with Crippen LogP contribution < -0.4 is 4.74 Å². The first kappa shape index (κ1) is 13.3. The summed E-state index contributed by atoms with van der Waals surface area (Å²) in [6, 6.07) is 11.8. The lowest BCUT2D eigenvalue weighted by Crippen LogP contribution is -2.04. The molecule has 2 nitrogen and oxygen atoms in total. The Morgan fingerprint density at radius 1 is 1.17 bits per heavy atom. The van der Waals surface area contributed by atoms with Gasteiger partial charge in [0.05, 0.1) is 7.11 Å². The molecule has 0 aliphatic heterocycles. The second kappa shape index (κ2) is 5.67. The SMILES string of the molecule is COc1ccc(C(O)c2ccccc2I)c(F)c1. The summed E-state index contributed by atoms with van der Waals surface area (Å²) in [4.78, 5) is 0. The highest BCUT2D eigenvalue weighted by Crippen LogP contribution is 2.29. The second-order valence-electron chi connectivity index (χ2n) is 3.81. The number of rotatable bonds is 3. The predicted octanol–water partition coefficient (Wildman–Crippen LogP) is 3.52. The molecule has 1 N–H and O–H groups in total. The van der Waals surface area contributed by atoms with Crippen LogP contribution in [-0.2, 0) is 0 Å². The number of halogens is 2. The monoisotopic (exact) mass is 358 g/mol. The molecule has 2 rings (SSSR count). The first-order valence-corrected chi connectivity index (χ1v) is 6.47. The number of benzene rings is 2. The molecule has 0 aromatic heterocycles. The number of methoxy groups -OCH3 is 1. The highest BCUT2D eigenvalue weighted by Gasteiger charge is 2.17. The van der Waals surface area contributed by atoms with Crippen molar-refractivity contribution < 1.29 is 14.2 Å². The van der Waals surface area contributed by atoms with Crippen LogP contribution in [0.5, 0.6) is 5.75 Å². The molecule has 0 spiro atoms. The minimum absolute atomic E-state index is 0.250. The topological polar surface area (TPSA) is 29.5 Å². The molecule has 1 unspecified atom stereocenters. The van der Waals surface area contributed by atoms with E-state index in [4.69, 9.17) is 4.74 Å². The van der Waals surface area contributed by atoms with Crippen LogP contribution in [0, 0.1) is 9.39 Å². The zero-order chi connectivity index (χ0) is 13.1. The minimum Gasteiger partial charge on any atom is -0.497 e. The van der Waals surface area contributed by atoms with Crippen LogP contribution in [0.3, 0.4) is 0 Å². The molecule has 2 aromatic rings. The van der Waals surface area contributed by atoms with Gasteiger partial charge in [0.2, 0.25) is 0 Å². The molecular formula is C14H12FIO2. The van der Waals surface area contributed by atoms with Crippen LogP contribution in [0.4, 0.5) is 4.39 Å². The molecule has 18 heavy (non-hydrogen) atoms. The van der Waals surface area contributed by atoms with Gasteiger partial charge in [0.1, 0.15) is 17.7 Å². The summed E-state index contributed by atoms with van der Waals surface area (Å²) in [5.41, 5.74) is 0.946. The molecule has 0 heterocycles. The summed E-state index contributed by atoms with van der Waals surface area (Å²) in [5, 5.41) is 10.2. The van der Waals surface area contributed by atoms with Gasteiger partial charge in [-0.15, -0.1) is 0 Å². The average molecular weight is 358 g/mol. The molecule has 94 valence electrons. The minimum atomic E-state index is -0.969. The van der Waals surface area contributed by atoms with Gasteiger partial charge in [0, 0.05) is 15.2 Å². The van der Waals surface area contributed by atoms with E-state index in [1.807, 2.05) is 18.2 Å². The van der Waals surface area contributed by atoms with Crippen molar-refractivity contribution in [3.8, 4) is 5.75 Å². The Bertz CT molecular complexity index is 557. The summed E-state index contributed by atoms with van der Waals surface area (Å²) >= 11 is 2.12. The van der Waals surface area contributed by atoms with E-state index in [1.54, 1.807) is 18.2 Å². The number of aliphatic hydroxyl groups is 1. The molecular weight excluding hydrogens is 346 g/mol. The van der Waals surface area contributed by atoms with Crippen molar-refractivity contribution in [2.45, 2.75) is 6.10 Å². The maximum absolute atomic E-state index is 13.9. The summed E-state index contributed by atoms with van der Waals surface area (Å²) in [5.74, 6) is -0.0345. The Morgan fingerprint density at radius 2 is 1.89 bits per heavy atom. The van der Waals surface area contributed by atoms with E-state index in [1.165, 1.54) is 13.2 Å². The smallest absolute Gasteiger partial charge is 0.133 e. The number of hydrogen-bond donors (Lipinski definition) is 1. The van der Waals surface area contributed by atoms with Crippen molar-refractivity contribution in [1.82, 2.24) is 0 Å². The number of aliphatic hydroxyl groups excluding tert-OH is 1. The van der Waals surface area contributed by atoms with Gasteiger partial charge < -0.3 is 9.84 Å². The van der Waals surface area contributed by atoms with Crippen LogP contribution in [0.1, 0.15) is 17.2 Å². The molecule has 0 amide bonds. The Kier molecular flexibility index (Phi) is 4.19. The van der Waals surface area contributed by atoms with E-state index in [9.17, 15) is 9.50 Å². The fraction of sp³-hybridized carbons (Fsp3) is 0.143. The molecule has 0 aliphatic carbocycles. The third kappa shape index (κ3) is 2.64. The molecule has 1 atom stereocenters. The average Bonchev–Trinajstić information content (AvgIpc) is 2.38. The standard InChI is InChI=1S/C14H12FIO2/c1-18-9-6-7-10(12(15)8-9)14(17)11-4-2-3-5-13(11)16/h2-8,14,17H,1H3. The quantitative estimate of drug-likeness (QED) is 0.851. The Labute approximate surface area is 119 Å². The van der Waals surface area contributed by atoms with Crippen molar-refractivity contribution in [3.63, 3.8) is 0 Å². The molecule has 0 aliphatic rings. The lowest BCUT2D eigenvalue weighted by molar-refractivity contribution is 0.214. The van der Waals surface area contributed by atoms with Gasteiger partial charge in [-0.25, -0.2) is 4.39 Å². The van der Waals surface area contributed by atoms with Gasteiger partial charge in [-0.1, -0.05) is 18.2 Å². The zero-order valence-electron chi connectivity index (χ0n) is 9.73. The van der Waals surface area contributed by atoms with E-state index in [0.717, 1.165) is 3.57 Å². The van der Waals surface area contributed by atoms with E-state index in [0.29, 0.717) is 11.3 Å². The van der Waals surface area contributed by atoms with Gasteiger partial charge in [-0.3, -0.25) is 0 Å². The number of ether oxygens (including phenoxy) is 1. The van der Waals surface area contributed by atoms with Crippen molar-refractivity contribution in [2.24, 2.45) is 0 Å². The van der Waals surface area contributed by atoms with E-state index in [2.05, 4.69) is 22.6 Å². The maximum atomic E-state index is 13.9. The van der Waals surface area contributed by atoms with E-state index >= 15 is 0 Å². The first-order valence-electron chi connectivity index (χ1n) is 5.39. The molecule has 4 heteroatoms. The van der Waals surface area contributed by atoms with Crippen molar-refractivity contribution in [1.29, 1.82) is 0 Å². The molecule has 0 fully saturated rings. The second-order valence-corrected chi connectivity index (χ2v) is 4.97. The van der Waals surface area contributed by atoms with Crippen molar-refractivity contribution in [2.75, 3.05) is 7.11 Å². The van der Waals surface area contributed by atoms with E-state index in [-0.39, 0.29) is 5.56 Å². The fourth-order valence-corrected chi connectivity index (χ4v) is 2.40. The molecule has 2 aromatic carbocycles. The van der Waals surface area contributed by atoms with Crippen LogP contribution in [0.25, 0.3) is 0 Å². The van der Waals surface area contributed by atoms with Gasteiger partial charge in [-0.05, 0) is 46.4 Å². The molecule has 0 bridgehead atoms. The maximum Gasteiger partial charge on any atom is 0.133 e. The highest BCUT2D eigenvalue weighted by atomic mass is 127. The van der Waals surface area contributed by atoms with Crippen LogP contribution >= 0.6 is 22.6 Å². The van der Waals surface area contributed by atoms with Gasteiger partial charge in [0.25, 0.3) is 0 Å². The van der Waals surface area contributed by atoms with Crippen molar-refractivity contribution in [3.05, 3.63) is 63.0 Å². The van der Waals surface area contributed by atoms with Gasteiger partial charge in [0.15, 0.2) is 0 Å². The number of hydrogen-bond acceptors (Lipinski definition) is 2. The normalized spacial score (nSPS) is 12.2. The fourth-order valence-electron chi connectivity index (χ4n) is 1.72. The third-order valence-corrected chi connectivity index (χ3v) is 3.68. The Balaban J connectivity index is 2.40. The molecule has 0 radical (unpaired) electrons. The van der Waals surface area contributed by atoms with Crippen LogP contribution in [-0.4, -0.2) is 12.2 Å². The zero-order valence-corrected chi connectivity index (χ0v) is 11.9. The largest absolute Gasteiger partial charge is 0.497 e. The molecule has 0 saturated heterocycles. The lowest BCUT2D eigenvalue weighted by atomic mass is 10.0. The summed E-state index contributed by atoms with van der Waals surface area (Å²) in [6.45, 7) is 0. The van der Waals surface area contributed by atoms with Crippen LogP contribution in [0.2, 0.25) is 0 Å². The first-order chi connectivity index (χ1) is 8.63. The highest BCUT2D eigenvalue weighted by molar-refractivity contribution is 14.1. The third-order valence-electron chi connectivity index (χ3n) is 2.70. The lowest BCUT2D eigenvalue weighted by Gasteiger charge is -2.14. The summed E-state index contributed by atoms with van der Waals surface area (Å²) in [6.07, 6.45) is -0.969. The predicted molar refractivity (Wildman–Crippen MR) is 76.2 cm³/mol.